The summed E-state index contributed by atoms with van der Waals surface area (Å²) in [6, 6.07) is 13.5. The third-order valence-electron chi connectivity index (χ3n) is 6.88. The van der Waals surface area contributed by atoms with E-state index in [1.54, 1.807) is 12.4 Å². The number of carbonyl (C=O) groups is 1. The first kappa shape index (κ1) is 19.8. The van der Waals surface area contributed by atoms with Crippen LogP contribution in [-0.4, -0.2) is 33.4 Å². The number of rotatable bonds is 4. The van der Waals surface area contributed by atoms with Gasteiger partial charge in [-0.3, -0.25) is 9.78 Å². The quantitative estimate of drug-likeness (QED) is 0.707. The zero-order chi connectivity index (χ0) is 21.6. The third-order valence-corrected chi connectivity index (χ3v) is 6.88. The van der Waals surface area contributed by atoms with Crippen LogP contribution in [0.5, 0.6) is 0 Å². The van der Waals surface area contributed by atoms with Gasteiger partial charge in [-0.2, -0.15) is 0 Å². The minimum absolute atomic E-state index is 0.119. The molecule has 160 valence electrons. The number of aliphatic hydroxyl groups is 1. The first-order chi connectivity index (χ1) is 15.0. The van der Waals surface area contributed by atoms with E-state index in [2.05, 4.69) is 22.2 Å². The molecule has 1 saturated heterocycles. The van der Waals surface area contributed by atoms with Crippen LogP contribution >= 0.6 is 0 Å². The zero-order valence-electron chi connectivity index (χ0n) is 17.4. The highest BCUT2D eigenvalue weighted by Crippen LogP contribution is 2.53. The van der Waals surface area contributed by atoms with Crippen molar-refractivity contribution in [1.82, 2.24) is 10.3 Å². The summed E-state index contributed by atoms with van der Waals surface area (Å²) in [5.74, 6) is -0.706. The van der Waals surface area contributed by atoms with Crippen LogP contribution < -0.4 is 11.1 Å². The molecule has 1 aliphatic carbocycles. The van der Waals surface area contributed by atoms with E-state index in [1.807, 2.05) is 42.5 Å². The number of aliphatic hydroxyl groups excluding tert-OH is 1. The van der Waals surface area contributed by atoms with Crippen LogP contribution in [-0.2, 0) is 15.1 Å². The normalized spacial score (nSPS) is 29.3. The maximum atomic E-state index is 12.2. The van der Waals surface area contributed by atoms with Gasteiger partial charge >= 0.3 is 0 Å². The fourth-order valence-corrected chi connectivity index (χ4v) is 4.98. The van der Waals surface area contributed by atoms with Gasteiger partial charge in [-0.15, -0.1) is 0 Å². The first-order valence-corrected chi connectivity index (χ1v) is 10.7. The van der Waals surface area contributed by atoms with Crippen LogP contribution in [0.25, 0.3) is 0 Å². The van der Waals surface area contributed by atoms with E-state index in [1.165, 1.54) is 0 Å². The number of aromatic nitrogens is 1. The van der Waals surface area contributed by atoms with Crippen molar-refractivity contribution in [3.05, 3.63) is 77.6 Å². The second-order valence-corrected chi connectivity index (χ2v) is 8.69. The van der Waals surface area contributed by atoms with E-state index in [0.29, 0.717) is 11.6 Å². The minimum Gasteiger partial charge on any atom is -0.492 e. The summed E-state index contributed by atoms with van der Waals surface area (Å²) >= 11 is 0. The standard InChI is InChI=1S/C24H26N4O3/c1-15-9-10-18(31-23(15)11-12-23)20-24(16-6-3-2-4-7-16,17-8-5-13-26-14-17)28-19(21(25)29)22(30)27-20/h2-8,13-15,18,28,30H,9-12H2,1H3,(H2,25,29). The predicted octanol–water partition coefficient (Wildman–Crippen LogP) is 2.93. The Kier molecular flexibility index (Phi) is 4.59. The molecule has 7 nitrogen and oxygen atoms in total. The van der Waals surface area contributed by atoms with Crippen LogP contribution in [0.2, 0.25) is 0 Å². The van der Waals surface area contributed by atoms with Gasteiger partial charge in [-0.25, -0.2) is 4.99 Å². The summed E-state index contributed by atoms with van der Waals surface area (Å²) in [4.78, 5) is 21.1. The number of ether oxygens (including phenoxy) is 1. The van der Waals surface area contributed by atoms with Crippen molar-refractivity contribution in [2.24, 2.45) is 16.6 Å². The molecular weight excluding hydrogens is 392 g/mol. The van der Waals surface area contributed by atoms with Gasteiger partial charge < -0.3 is 20.9 Å². The van der Waals surface area contributed by atoms with Gasteiger partial charge in [0.15, 0.2) is 5.70 Å². The summed E-state index contributed by atoms with van der Waals surface area (Å²) in [5.41, 5.74) is 6.57. The number of pyridine rings is 1. The Hall–Kier alpha value is -3.19. The summed E-state index contributed by atoms with van der Waals surface area (Å²) in [6.07, 6.45) is 6.97. The molecule has 2 fully saturated rings. The minimum atomic E-state index is -1.05. The predicted molar refractivity (Wildman–Crippen MR) is 116 cm³/mol. The number of carbonyl (C=O) groups excluding carboxylic acids is 1. The summed E-state index contributed by atoms with van der Waals surface area (Å²) < 4.78 is 6.64. The van der Waals surface area contributed by atoms with Crippen molar-refractivity contribution in [2.75, 3.05) is 0 Å². The lowest BCUT2D eigenvalue weighted by Crippen LogP contribution is -2.59. The molecule has 3 unspecified atom stereocenters. The van der Waals surface area contributed by atoms with Crippen molar-refractivity contribution in [2.45, 2.75) is 49.9 Å². The maximum absolute atomic E-state index is 12.2. The lowest BCUT2D eigenvalue weighted by Gasteiger charge is -2.45. The Labute approximate surface area is 181 Å². The molecule has 0 radical (unpaired) electrons. The van der Waals surface area contributed by atoms with Gasteiger partial charge in [0.05, 0.1) is 17.4 Å². The number of nitrogens with two attached hydrogens (primary N) is 1. The molecule has 31 heavy (non-hydrogen) atoms. The maximum Gasteiger partial charge on any atom is 0.270 e. The van der Waals surface area contributed by atoms with Crippen LogP contribution in [0.15, 0.2) is 71.4 Å². The van der Waals surface area contributed by atoms with Crippen molar-refractivity contribution >= 4 is 11.6 Å². The molecule has 7 heteroatoms. The molecular formula is C24H26N4O3. The number of benzene rings is 1. The molecule has 1 spiro atoms. The van der Waals surface area contributed by atoms with E-state index in [4.69, 9.17) is 10.5 Å². The summed E-state index contributed by atoms with van der Waals surface area (Å²) in [5, 5.41) is 13.9. The number of primary amides is 1. The Morgan fingerprint density at radius 3 is 2.55 bits per heavy atom. The van der Waals surface area contributed by atoms with Gasteiger partial charge in [0.25, 0.3) is 5.91 Å². The number of hydrogen-bond acceptors (Lipinski definition) is 6. The Morgan fingerprint density at radius 1 is 1.16 bits per heavy atom. The van der Waals surface area contributed by atoms with Gasteiger partial charge in [0, 0.05) is 18.0 Å². The highest BCUT2D eigenvalue weighted by Gasteiger charge is 2.56. The Bertz CT molecular complexity index is 1020. The molecule has 3 aliphatic rings. The molecule has 3 atom stereocenters. The molecule has 5 rings (SSSR count). The molecule has 4 N–H and O–H groups in total. The van der Waals surface area contributed by atoms with Crippen LogP contribution in [0, 0.1) is 5.92 Å². The van der Waals surface area contributed by atoms with Gasteiger partial charge in [0.1, 0.15) is 5.54 Å². The molecule has 1 amide bonds. The summed E-state index contributed by atoms with van der Waals surface area (Å²) in [6.45, 7) is 2.23. The van der Waals surface area contributed by atoms with E-state index < -0.39 is 17.3 Å². The number of aliphatic imine (C=N–C) groups is 1. The Balaban J connectivity index is 1.73. The molecule has 1 saturated carbocycles. The fraction of sp³-hybridized carbons (Fsp3) is 0.375. The largest absolute Gasteiger partial charge is 0.492 e. The monoisotopic (exact) mass is 418 g/mol. The average Bonchev–Trinajstić information content (AvgIpc) is 3.57. The fourth-order valence-electron chi connectivity index (χ4n) is 4.98. The highest BCUT2D eigenvalue weighted by molar-refractivity contribution is 6.05. The average molecular weight is 418 g/mol. The van der Waals surface area contributed by atoms with Crippen molar-refractivity contribution in [3.8, 4) is 0 Å². The van der Waals surface area contributed by atoms with E-state index >= 15 is 0 Å². The second-order valence-electron chi connectivity index (χ2n) is 8.69. The lowest BCUT2D eigenvalue weighted by molar-refractivity contribution is -0.115. The molecule has 0 bridgehead atoms. The molecule has 1 aromatic carbocycles. The molecule has 2 aromatic rings. The number of nitrogens with zero attached hydrogens (tertiary/aromatic N) is 2. The molecule has 3 heterocycles. The van der Waals surface area contributed by atoms with E-state index in [0.717, 1.165) is 36.8 Å². The molecule has 1 aromatic heterocycles. The van der Waals surface area contributed by atoms with Gasteiger partial charge in [0.2, 0.25) is 5.88 Å². The number of hydrogen-bond donors (Lipinski definition) is 3. The van der Waals surface area contributed by atoms with Crippen molar-refractivity contribution < 1.29 is 14.6 Å². The third kappa shape index (κ3) is 3.11. The SMILES string of the molecule is CC1CCC(C2=NC(O)=C(C(N)=O)NC2(c2ccccc2)c2cccnc2)OC12CC2. The zero-order valence-corrected chi connectivity index (χ0v) is 17.4. The van der Waals surface area contributed by atoms with E-state index in [-0.39, 0.29) is 17.4 Å². The first-order valence-electron chi connectivity index (χ1n) is 10.7. The molecule has 2 aliphatic heterocycles. The van der Waals surface area contributed by atoms with E-state index in [9.17, 15) is 9.90 Å². The topological polar surface area (TPSA) is 110 Å². The number of amides is 1. The van der Waals surface area contributed by atoms with Crippen molar-refractivity contribution in [3.63, 3.8) is 0 Å². The Morgan fingerprint density at radius 2 is 1.90 bits per heavy atom. The highest BCUT2D eigenvalue weighted by atomic mass is 16.5. The van der Waals surface area contributed by atoms with Crippen LogP contribution in [0.4, 0.5) is 0 Å². The second kappa shape index (κ2) is 7.20. The van der Waals surface area contributed by atoms with Crippen molar-refractivity contribution in [1.29, 1.82) is 0 Å². The van der Waals surface area contributed by atoms with Gasteiger partial charge in [-0.05, 0) is 43.2 Å². The number of nitrogens with one attached hydrogen (secondary N) is 1. The lowest BCUT2D eigenvalue weighted by atomic mass is 9.74. The summed E-state index contributed by atoms with van der Waals surface area (Å²) in [7, 11) is 0. The van der Waals surface area contributed by atoms with Gasteiger partial charge in [-0.1, -0.05) is 43.3 Å². The van der Waals surface area contributed by atoms with Crippen LogP contribution in [0.3, 0.4) is 0 Å². The van der Waals surface area contributed by atoms with Crippen LogP contribution in [0.1, 0.15) is 43.7 Å². The smallest absolute Gasteiger partial charge is 0.270 e.